The summed E-state index contributed by atoms with van der Waals surface area (Å²) in [6, 6.07) is 18.4. The van der Waals surface area contributed by atoms with Gasteiger partial charge in [0.05, 0.1) is 20.4 Å². The molecule has 2 nitrogen and oxygen atoms in total. The zero-order valence-corrected chi connectivity index (χ0v) is 62.4. The largest absolute Gasteiger partial charge is 0.252 e. The Morgan fingerprint density at radius 3 is 1.33 bits per heavy atom. The molecule has 2 aromatic carbocycles. The first kappa shape index (κ1) is 68.7. The molecule has 11 aromatic rings. The number of nitrogens with zero attached hydrogens (tertiary/aromatic N) is 2. The second-order valence-corrected chi connectivity index (χ2v) is 35.2. The molecule has 9 aromatic heterocycles. The minimum Gasteiger partial charge on any atom is -0.252 e. The number of aryl methyl sites for hydroxylation is 1. The highest BCUT2D eigenvalue weighted by Crippen LogP contribution is 2.56. The molecule has 0 saturated heterocycles. The fraction of sp³-hybridized carbons (Fsp3) is 0.519. The van der Waals surface area contributed by atoms with Crippen LogP contribution in [0.25, 0.3) is 102 Å². The quantitative estimate of drug-likeness (QED) is 0.0363. The van der Waals surface area contributed by atoms with Crippen LogP contribution in [0.2, 0.25) is 0 Å². The molecule has 486 valence electrons. The van der Waals surface area contributed by atoms with Gasteiger partial charge in [0.2, 0.25) is 0 Å². The summed E-state index contributed by atoms with van der Waals surface area (Å²) < 4.78 is 38.4. The van der Waals surface area contributed by atoms with Crippen molar-refractivity contribution in [3.05, 3.63) is 104 Å². The van der Waals surface area contributed by atoms with Crippen molar-refractivity contribution in [2.75, 3.05) is 0 Å². The van der Waals surface area contributed by atoms with Crippen LogP contribution < -0.4 is 0 Å². The molecule has 0 aliphatic carbocycles. The molecule has 0 fully saturated rings. The molecule has 4 atom stereocenters. The predicted octanol–water partition coefficient (Wildman–Crippen LogP) is 29.8. The van der Waals surface area contributed by atoms with E-state index in [4.69, 9.17) is 9.97 Å². The molecule has 4 unspecified atom stereocenters. The lowest BCUT2D eigenvalue weighted by Crippen LogP contribution is -2.05. The standard InChI is InChI=1S/C79H98F2N2S8/c1-10-18-24-26-32-52(30-22-14-5)38-54-42-64(85-49(54)9)66-45-58-73-74(83-36-35-82-73)59-46-67(90-79(59)78(58)89-66)65-43-55(39-53(31-23-15-6)33-27-25-19-11-2)75(88-65)70-44-57-72(69-48-61(81)63(87-69)41-51(17-8)29-21-13-4)76-56(34-37-84-76)71(77(57)91-70)68-47-60(80)62(86-68)40-50(16-7)28-20-12-3/h34-37,42-48,50-53H,10-33,38-41H2,1-9H3. The molecule has 0 aliphatic heterocycles. The van der Waals surface area contributed by atoms with Gasteiger partial charge in [-0.05, 0) is 121 Å². The highest BCUT2D eigenvalue weighted by molar-refractivity contribution is 7.34. The van der Waals surface area contributed by atoms with Crippen molar-refractivity contribution < 1.29 is 8.78 Å². The molecule has 0 amide bonds. The Labute approximate surface area is 575 Å². The normalized spacial score (nSPS) is 13.6. The number of unbranched alkanes of at least 4 members (excludes halogenated alkanes) is 10. The summed E-state index contributed by atoms with van der Waals surface area (Å²) in [5.41, 5.74) is 7.22. The summed E-state index contributed by atoms with van der Waals surface area (Å²) in [6.45, 7) is 20.7. The van der Waals surface area contributed by atoms with Gasteiger partial charge in [-0.3, -0.25) is 9.97 Å². The molecule has 0 aliphatic rings. The Hall–Kier alpha value is -3.72. The highest BCUT2D eigenvalue weighted by Gasteiger charge is 2.29. The molecule has 91 heavy (non-hydrogen) atoms. The van der Waals surface area contributed by atoms with Crippen LogP contribution >= 0.6 is 90.7 Å². The monoisotopic (exact) mass is 1370 g/mol. The smallest absolute Gasteiger partial charge is 0.137 e. The van der Waals surface area contributed by atoms with Gasteiger partial charge in [0.1, 0.15) is 11.6 Å². The molecular formula is C79H98F2N2S8. The van der Waals surface area contributed by atoms with Crippen LogP contribution in [0, 0.1) is 42.2 Å². The lowest BCUT2D eigenvalue weighted by Gasteiger charge is -2.17. The van der Waals surface area contributed by atoms with Gasteiger partial charge in [-0.25, -0.2) is 8.78 Å². The van der Waals surface area contributed by atoms with Gasteiger partial charge >= 0.3 is 0 Å². The minimum absolute atomic E-state index is 0.0725. The number of halogens is 2. The van der Waals surface area contributed by atoms with Crippen LogP contribution in [0.4, 0.5) is 8.78 Å². The Morgan fingerprint density at radius 1 is 0.374 bits per heavy atom. The molecule has 11 rings (SSSR count). The minimum atomic E-state index is -0.0725. The van der Waals surface area contributed by atoms with E-state index >= 15 is 8.78 Å². The van der Waals surface area contributed by atoms with E-state index in [0.717, 1.165) is 116 Å². The van der Waals surface area contributed by atoms with Crippen LogP contribution in [-0.2, 0) is 25.7 Å². The summed E-state index contributed by atoms with van der Waals surface area (Å²) in [7, 11) is 0. The zero-order valence-electron chi connectivity index (χ0n) is 55.9. The van der Waals surface area contributed by atoms with Crippen LogP contribution in [-0.4, -0.2) is 9.97 Å². The van der Waals surface area contributed by atoms with E-state index in [0.29, 0.717) is 17.8 Å². The third-order valence-electron chi connectivity index (χ3n) is 19.7. The number of hydrogen-bond acceptors (Lipinski definition) is 10. The summed E-state index contributed by atoms with van der Waals surface area (Å²) in [5, 5.41) is 6.92. The number of aromatic nitrogens is 2. The van der Waals surface area contributed by atoms with Crippen molar-refractivity contribution in [1.29, 1.82) is 0 Å². The van der Waals surface area contributed by atoms with E-state index in [-0.39, 0.29) is 11.6 Å². The molecule has 9 heterocycles. The first-order valence-corrected chi connectivity index (χ1v) is 42.0. The number of benzene rings is 2. The van der Waals surface area contributed by atoms with Crippen molar-refractivity contribution in [3.8, 4) is 50.1 Å². The van der Waals surface area contributed by atoms with E-state index in [9.17, 15) is 0 Å². The van der Waals surface area contributed by atoms with E-state index in [1.54, 1.807) is 34.0 Å². The van der Waals surface area contributed by atoms with Crippen molar-refractivity contribution >= 4 is 142 Å². The van der Waals surface area contributed by atoms with Gasteiger partial charge in [-0.15, -0.1) is 90.7 Å². The number of hydrogen-bond donors (Lipinski definition) is 0. The Morgan fingerprint density at radius 2 is 0.813 bits per heavy atom. The van der Waals surface area contributed by atoms with Gasteiger partial charge < -0.3 is 0 Å². The molecule has 0 radical (unpaired) electrons. The van der Waals surface area contributed by atoms with E-state index < -0.39 is 0 Å². The predicted molar refractivity (Wildman–Crippen MR) is 409 cm³/mol. The maximum atomic E-state index is 16.7. The van der Waals surface area contributed by atoms with E-state index in [1.807, 2.05) is 81.2 Å². The van der Waals surface area contributed by atoms with Crippen molar-refractivity contribution in [2.24, 2.45) is 23.7 Å². The highest BCUT2D eigenvalue weighted by atomic mass is 32.1. The van der Waals surface area contributed by atoms with Crippen LogP contribution in [0.3, 0.4) is 0 Å². The van der Waals surface area contributed by atoms with E-state index in [1.165, 1.54) is 197 Å². The van der Waals surface area contributed by atoms with Gasteiger partial charge in [0.15, 0.2) is 0 Å². The van der Waals surface area contributed by atoms with Gasteiger partial charge in [-0.2, -0.15) is 0 Å². The first-order chi connectivity index (χ1) is 44.5. The molecular weight excluding hydrogens is 1270 g/mol. The van der Waals surface area contributed by atoms with E-state index in [2.05, 4.69) is 104 Å². The first-order valence-electron chi connectivity index (χ1n) is 35.4. The average molecular weight is 1370 g/mol. The number of thiophene rings is 8. The number of fused-ring (bicyclic) bond motifs is 8. The Balaban J connectivity index is 1.06. The second kappa shape index (κ2) is 32.8. The summed E-state index contributed by atoms with van der Waals surface area (Å²) in [4.78, 5) is 23.4. The van der Waals surface area contributed by atoms with Gasteiger partial charge in [0, 0.05) is 108 Å². The number of rotatable bonds is 37. The lowest BCUT2D eigenvalue weighted by molar-refractivity contribution is 0.410. The van der Waals surface area contributed by atoms with Crippen molar-refractivity contribution in [1.82, 2.24) is 9.97 Å². The molecule has 0 bridgehead atoms. The van der Waals surface area contributed by atoms with Crippen molar-refractivity contribution in [3.63, 3.8) is 0 Å². The average Bonchev–Trinajstić information content (AvgIpc) is 1.59. The maximum absolute atomic E-state index is 16.7. The topological polar surface area (TPSA) is 25.8 Å². The SMILES string of the molecule is CCCCCCC(CCCC)Cc1cc(-c2cc3c4nccnc4c4cc(-c5cc(CC(CCCC)CCCCCC)c(-c6cc7c(-c8cc(F)c(CC(CC)CCCC)s8)c8sccc8c(-c8cc(F)c(CC(CC)CCCC)s8)c7s6)s5)sc4c3s2)sc1C. The van der Waals surface area contributed by atoms with Crippen molar-refractivity contribution in [2.45, 2.75) is 242 Å². The zero-order chi connectivity index (χ0) is 63.5. The summed E-state index contributed by atoms with van der Waals surface area (Å²) in [5.74, 6) is 2.10. The molecule has 12 heteroatoms. The summed E-state index contributed by atoms with van der Waals surface area (Å²) in [6.07, 6.45) is 37.1. The van der Waals surface area contributed by atoms with Crippen LogP contribution in [0.5, 0.6) is 0 Å². The molecule has 0 saturated carbocycles. The Bertz CT molecular complexity index is 4020. The Kier molecular flexibility index (Phi) is 24.8. The van der Waals surface area contributed by atoms with Crippen LogP contribution in [0.1, 0.15) is 235 Å². The summed E-state index contributed by atoms with van der Waals surface area (Å²) >= 11 is 14.8. The molecule has 0 N–H and O–H groups in total. The lowest BCUT2D eigenvalue weighted by atomic mass is 9.89. The third-order valence-corrected chi connectivity index (χ3v) is 29.4. The van der Waals surface area contributed by atoms with Crippen LogP contribution in [0.15, 0.2) is 66.3 Å². The van der Waals surface area contributed by atoms with Gasteiger partial charge in [-0.1, -0.05) is 209 Å². The fourth-order valence-corrected chi connectivity index (χ4v) is 24.1. The molecule has 0 spiro atoms. The maximum Gasteiger partial charge on any atom is 0.137 e. The third kappa shape index (κ3) is 15.7. The fourth-order valence-electron chi connectivity index (χ4n) is 14.3. The van der Waals surface area contributed by atoms with Gasteiger partial charge in [0.25, 0.3) is 0 Å². The second-order valence-electron chi connectivity index (χ2n) is 26.5.